The highest BCUT2D eigenvalue weighted by Crippen LogP contribution is 2.33. The van der Waals surface area contributed by atoms with Crippen molar-refractivity contribution in [3.05, 3.63) is 0 Å². The summed E-state index contributed by atoms with van der Waals surface area (Å²) in [6.07, 6.45) is 2.30. The zero-order chi connectivity index (χ0) is 10.7. The van der Waals surface area contributed by atoms with Gasteiger partial charge < -0.3 is 10.0 Å². The van der Waals surface area contributed by atoms with Gasteiger partial charge in [-0.3, -0.25) is 0 Å². The van der Waals surface area contributed by atoms with Crippen molar-refractivity contribution in [3.63, 3.8) is 0 Å². The molecule has 0 saturated heterocycles. The minimum absolute atomic E-state index is 0.0831. The highest BCUT2D eigenvalue weighted by atomic mass is 16.3. The van der Waals surface area contributed by atoms with Gasteiger partial charge >= 0.3 is 0 Å². The Bertz CT molecular complexity index is 172. The van der Waals surface area contributed by atoms with Crippen molar-refractivity contribution in [2.75, 3.05) is 20.1 Å². The molecule has 0 bridgehead atoms. The molecule has 0 aromatic rings. The van der Waals surface area contributed by atoms with Gasteiger partial charge in [0.25, 0.3) is 0 Å². The van der Waals surface area contributed by atoms with E-state index in [2.05, 4.69) is 32.7 Å². The van der Waals surface area contributed by atoms with Gasteiger partial charge in [0.15, 0.2) is 0 Å². The lowest BCUT2D eigenvalue weighted by Crippen LogP contribution is -2.41. The van der Waals surface area contributed by atoms with Crippen molar-refractivity contribution in [1.82, 2.24) is 4.90 Å². The van der Waals surface area contributed by atoms with E-state index in [-0.39, 0.29) is 6.10 Å². The van der Waals surface area contributed by atoms with Crippen LogP contribution in [0.1, 0.15) is 33.6 Å². The van der Waals surface area contributed by atoms with E-state index in [0.717, 1.165) is 19.0 Å². The average Bonchev–Trinajstić information content (AvgIpc) is 2.13. The van der Waals surface area contributed by atoms with Gasteiger partial charge in [-0.25, -0.2) is 0 Å². The summed E-state index contributed by atoms with van der Waals surface area (Å²) < 4.78 is 0. The smallest absolute Gasteiger partial charge is 0.0606 e. The average molecular weight is 199 g/mol. The summed E-state index contributed by atoms with van der Waals surface area (Å²) in [6, 6.07) is 0. The second-order valence-electron chi connectivity index (χ2n) is 5.16. The molecule has 0 heterocycles. The van der Waals surface area contributed by atoms with E-state index in [0.29, 0.717) is 11.8 Å². The van der Waals surface area contributed by atoms with Crippen LogP contribution in [0.4, 0.5) is 0 Å². The molecule has 0 amide bonds. The summed E-state index contributed by atoms with van der Waals surface area (Å²) in [4.78, 5) is 2.30. The SMILES string of the molecule is CCN(C)CC1CC(C)CC(C)C1O. The fourth-order valence-corrected chi connectivity index (χ4v) is 2.70. The Labute approximate surface area is 88.3 Å². The van der Waals surface area contributed by atoms with Crippen molar-refractivity contribution in [1.29, 1.82) is 0 Å². The van der Waals surface area contributed by atoms with E-state index in [1.807, 2.05) is 0 Å². The molecule has 14 heavy (non-hydrogen) atoms. The Balaban J connectivity index is 2.49. The summed E-state index contributed by atoms with van der Waals surface area (Å²) in [7, 11) is 2.14. The van der Waals surface area contributed by atoms with Crippen LogP contribution in [0.2, 0.25) is 0 Å². The Morgan fingerprint density at radius 2 is 1.93 bits per heavy atom. The molecule has 1 rings (SSSR count). The Morgan fingerprint density at radius 3 is 2.50 bits per heavy atom. The van der Waals surface area contributed by atoms with E-state index < -0.39 is 0 Å². The highest BCUT2D eigenvalue weighted by molar-refractivity contribution is 4.83. The van der Waals surface area contributed by atoms with E-state index in [4.69, 9.17) is 0 Å². The maximum absolute atomic E-state index is 10.1. The third-order valence-electron chi connectivity index (χ3n) is 3.63. The Morgan fingerprint density at radius 1 is 1.29 bits per heavy atom. The number of aliphatic hydroxyl groups is 1. The van der Waals surface area contributed by atoms with Gasteiger partial charge in [-0.2, -0.15) is 0 Å². The lowest BCUT2D eigenvalue weighted by molar-refractivity contribution is -0.00474. The van der Waals surface area contributed by atoms with Crippen LogP contribution >= 0.6 is 0 Å². The molecule has 1 aliphatic rings. The van der Waals surface area contributed by atoms with Crippen LogP contribution in [0.25, 0.3) is 0 Å². The van der Waals surface area contributed by atoms with Crippen LogP contribution in [0, 0.1) is 17.8 Å². The van der Waals surface area contributed by atoms with Gasteiger partial charge in [-0.15, -0.1) is 0 Å². The molecular weight excluding hydrogens is 174 g/mol. The minimum atomic E-state index is -0.0831. The lowest BCUT2D eigenvalue weighted by atomic mass is 9.74. The minimum Gasteiger partial charge on any atom is -0.393 e. The maximum atomic E-state index is 10.1. The molecule has 0 aromatic heterocycles. The van der Waals surface area contributed by atoms with Crippen LogP contribution in [-0.4, -0.2) is 36.2 Å². The molecule has 1 aliphatic carbocycles. The summed E-state index contributed by atoms with van der Waals surface area (Å²) in [5, 5.41) is 10.1. The second kappa shape index (κ2) is 5.13. The summed E-state index contributed by atoms with van der Waals surface area (Å²) in [6.45, 7) is 8.78. The topological polar surface area (TPSA) is 23.5 Å². The highest BCUT2D eigenvalue weighted by Gasteiger charge is 2.32. The maximum Gasteiger partial charge on any atom is 0.0606 e. The molecular formula is C12H25NO. The molecule has 0 aromatic carbocycles. The monoisotopic (exact) mass is 199 g/mol. The van der Waals surface area contributed by atoms with Crippen molar-refractivity contribution < 1.29 is 5.11 Å². The van der Waals surface area contributed by atoms with E-state index in [1.54, 1.807) is 0 Å². The first-order valence-corrected chi connectivity index (χ1v) is 5.91. The molecule has 1 fully saturated rings. The summed E-state index contributed by atoms with van der Waals surface area (Å²) in [5.41, 5.74) is 0. The molecule has 2 nitrogen and oxygen atoms in total. The van der Waals surface area contributed by atoms with Gasteiger partial charge in [0.2, 0.25) is 0 Å². The van der Waals surface area contributed by atoms with Gasteiger partial charge in [0.05, 0.1) is 6.10 Å². The number of nitrogens with zero attached hydrogens (tertiary/aromatic N) is 1. The van der Waals surface area contributed by atoms with E-state index >= 15 is 0 Å². The van der Waals surface area contributed by atoms with E-state index in [9.17, 15) is 5.11 Å². The Hall–Kier alpha value is -0.0800. The predicted molar refractivity (Wildman–Crippen MR) is 60.2 cm³/mol. The molecule has 4 unspecified atom stereocenters. The number of rotatable bonds is 3. The molecule has 0 radical (unpaired) electrons. The van der Waals surface area contributed by atoms with Crippen molar-refractivity contribution in [2.24, 2.45) is 17.8 Å². The largest absolute Gasteiger partial charge is 0.393 e. The first kappa shape index (κ1) is 12.0. The molecule has 1 N–H and O–H groups in total. The van der Waals surface area contributed by atoms with Gasteiger partial charge in [0, 0.05) is 6.54 Å². The van der Waals surface area contributed by atoms with Gasteiger partial charge in [-0.1, -0.05) is 20.8 Å². The second-order valence-corrected chi connectivity index (χ2v) is 5.16. The molecule has 0 aliphatic heterocycles. The molecule has 84 valence electrons. The zero-order valence-electron chi connectivity index (χ0n) is 10.0. The number of hydrogen-bond acceptors (Lipinski definition) is 2. The molecule has 0 spiro atoms. The number of hydrogen-bond donors (Lipinski definition) is 1. The molecule has 2 heteroatoms. The van der Waals surface area contributed by atoms with E-state index in [1.165, 1.54) is 12.8 Å². The van der Waals surface area contributed by atoms with Crippen LogP contribution in [-0.2, 0) is 0 Å². The predicted octanol–water partition coefficient (Wildman–Crippen LogP) is 1.98. The Kier molecular flexibility index (Phi) is 4.39. The van der Waals surface area contributed by atoms with Gasteiger partial charge in [0.1, 0.15) is 0 Å². The summed E-state index contributed by atoms with van der Waals surface area (Å²) in [5.74, 6) is 1.75. The van der Waals surface area contributed by atoms with Crippen molar-refractivity contribution in [3.8, 4) is 0 Å². The first-order chi connectivity index (χ1) is 6.54. The normalized spacial score (nSPS) is 39.0. The first-order valence-electron chi connectivity index (χ1n) is 5.91. The van der Waals surface area contributed by atoms with Crippen LogP contribution in [0.5, 0.6) is 0 Å². The zero-order valence-corrected chi connectivity index (χ0v) is 10.0. The van der Waals surface area contributed by atoms with Crippen molar-refractivity contribution in [2.45, 2.75) is 39.7 Å². The van der Waals surface area contributed by atoms with Crippen LogP contribution in [0.3, 0.4) is 0 Å². The standard InChI is InChI=1S/C12H25NO/c1-5-13(4)8-11-7-9(2)6-10(3)12(11)14/h9-12,14H,5-8H2,1-4H3. The fourth-order valence-electron chi connectivity index (χ4n) is 2.70. The van der Waals surface area contributed by atoms with Crippen LogP contribution < -0.4 is 0 Å². The van der Waals surface area contributed by atoms with Crippen LogP contribution in [0.15, 0.2) is 0 Å². The molecule has 1 saturated carbocycles. The molecule has 4 atom stereocenters. The fraction of sp³-hybridized carbons (Fsp3) is 1.00. The summed E-state index contributed by atoms with van der Waals surface area (Å²) >= 11 is 0. The third kappa shape index (κ3) is 2.96. The quantitative estimate of drug-likeness (QED) is 0.751. The lowest BCUT2D eigenvalue weighted by Gasteiger charge is -2.38. The number of aliphatic hydroxyl groups excluding tert-OH is 1. The third-order valence-corrected chi connectivity index (χ3v) is 3.63. The van der Waals surface area contributed by atoms with Crippen molar-refractivity contribution >= 4 is 0 Å². The van der Waals surface area contributed by atoms with Gasteiger partial charge in [-0.05, 0) is 44.2 Å².